The van der Waals surface area contributed by atoms with Gasteiger partial charge in [0.1, 0.15) is 6.54 Å². The standard InChI is InChI=1S/C23H32N4O2/c1-5-18-9-6-7-11-21(18)24-23(29)26(17(2)3)16-22(28)27(19-12-13-19)15-20-10-8-14-25(20)4/h6-11,14,17,19H,5,12-13,15-16H2,1-4H3,(H,24,29). The number of benzene rings is 1. The van der Waals surface area contributed by atoms with Gasteiger partial charge in [-0.3, -0.25) is 4.79 Å². The highest BCUT2D eigenvalue weighted by Crippen LogP contribution is 2.29. The van der Waals surface area contributed by atoms with Crippen molar-refractivity contribution in [3.63, 3.8) is 0 Å². The fourth-order valence-corrected chi connectivity index (χ4v) is 3.51. The quantitative estimate of drug-likeness (QED) is 0.733. The second-order valence-corrected chi connectivity index (χ2v) is 8.03. The lowest BCUT2D eigenvalue weighted by atomic mass is 10.1. The SMILES string of the molecule is CCc1ccccc1NC(=O)N(CC(=O)N(Cc1cccn1C)C1CC1)C(C)C. The van der Waals surface area contributed by atoms with Crippen LogP contribution in [0, 0.1) is 0 Å². The molecule has 1 heterocycles. The molecule has 1 N–H and O–H groups in total. The molecule has 1 aliphatic rings. The second-order valence-electron chi connectivity index (χ2n) is 8.03. The number of para-hydroxylation sites is 1. The van der Waals surface area contributed by atoms with Gasteiger partial charge in [0.15, 0.2) is 0 Å². The minimum atomic E-state index is -0.233. The van der Waals surface area contributed by atoms with E-state index in [1.807, 2.05) is 73.0 Å². The molecule has 0 atom stereocenters. The van der Waals surface area contributed by atoms with Crippen LogP contribution < -0.4 is 5.32 Å². The van der Waals surface area contributed by atoms with Crippen molar-refractivity contribution in [3.05, 3.63) is 53.9 Å². The van der Waals surface area contributed by atoms with Crippen LogP contribution in [0.3, 0.4) is 0 Å². The highest BCUT2D eigenvalue weighted by Gasteiger charge is 2.34. The zero-order valence-electron chi connectivity index (χ0n) is 17.9. The third-order valence-corrected chi connectivity index (χ3v) is 5.52. The van der Waals surface area contributed by atoms with Gasteiger partial charge in [-0.1, -0.05) is 25.1 Å². The maximum atomic E-state index is 13.2. The molecule has 156 valence electrons. The van der Waals surface area contributed by atoms with Crippen LogP contribution in [0.4, 0.5) is 10.5 Å². The summed E-state index contributed by atoms with van der Waals surface area (Å²) in [5, 5.41) is 3.00. The highest BCUT2D eigenvalue weighted by molar-refractivity contribution is 5.93. The number of nitrogens with one attached hydrogen (secondary N) is 1. The van der Waals surface area contributed by atoms with E-state index < -0.39 is 0 Å². The molecule has 0 spiro atoms. The van der Waals surface area contributed by atoms with Crippen molar-refractivity contribution in [3.8, 4) is 0 Å². The largest absolute Gasteiger partial charge is 0.353 e. The first-order valence-corrected chi connectivity index (χ1v) is 10.5. The molecule has 6 heteroatoms. The molecule has 0 aliphatic heterocycles. The van der Waals surface area contributed by atoms with Gasteiger partial charge in [0.05, 0.1) is 6.54 Å². The van der Waals surface area contributed by atoms with Crippen LogP contribution in [-0.4, -0.2) is 44.9 Å². The summed E-state index contributed by atoms with van der Waals surface area (Å²) >= 11 is 0. The zero-order valence-corrected chi connectivity index (χ0v) is 17.9. The molecular formula is C23H32N4O2. The van der Waals surface area contributed by atoms with Crippen LogP contribution in [0.15, 0.2) is 42.6 Å². The van der Waals surface area contributed by atoms with Gasteiger partial charge in [0.2, 0.25) is 5.91 Å². The number of urea groups is 1. The number of hydrogen-bond acceptors (Lipinski definition) is 2. The van der Waals surface area contributed by atoms with E-state index in [2.05, 4.69) is 12.2 Å². The van der Waals surface area contributed by atoms with Crippen molar-refractivity contribution in [2.45, 2.75) is 58.7 Å². The molecule has 0 radical (unpaired) electrons. The maximum absolute atomic E-state index is 13.2. The Morgan fingerprint density at radius 1 is 1.17 bits per heavy atom. The third kappa shape index (κ3) is 5.19. The van der Waals surface area contributed by atoms with Crippen LogP contribution in [0.1, 0.15) is 44.9 Å². The van der Waals surface area contributed by atoms with Crippen molar-refractivity contribution < 1.29 is 9.59 Å². The lowest BCUT2D eigenvalue weighted by Crippen LogP contribution is -2.48. The maximum Gasteiger partial charge on any atom is 0.322 e. The molecule has 6 nitrogen and oxygen atoms in total. The number of amides is 3. The Balaban J connectivity index is 1.70. The van der Waals surface area contributed by atoms with Gasteiger partial charge < -0.3 is 19.7 Å². The van der Waals surface area contributed by atoms with E-state index in [1.54, 1.807) is 4.90 Å². The molecule has 1 aliphatic carbocycles. The minimum Gasteiger partial charge on any atom is -0.353 e. The van der Waals surface area contributed by atoms with Crippen LogP contribution in [-0.2, 0) is 24.8 Å². The van der Waals surface area contributed by atoms with Gasteiger partial charge in [0, 0.05) is 36.7 Å². The molecular weight excluding hydrogens is 364 g/mol. The van der Waals surface area contributed by atoms with Crippen molar-refractivity contribution in [2.75, 3.05) is 11.9 Å². The summed E-state index contributed by atoms with van der Waals surface area (Å²) in [6, 6.07) is 11.8. The number of aryl methyl sites for hydroxylation is 2. The minimum absolute atomic E-state index is 0.00123. The summed E-state index contributed by atoms with van der Waals surface area (Å²) in [6.45, 7) is 6.61. The van der Waals surface area contributed by atoms with Crippen molar-refractivity contribution in [1.82, 2.24) is 14.4 Å². The molecule has 3 amide bonds. The zero-order chi connectivity index (χ0) is 21.0. The molecule has 1 fully saturated rings. The lowest BCUT2D eigenvalue weighted by Gasteiger charge is -2.30. The Morgan fingerprint density at radius 2 is 1.90 bits per heavy atom. The first-order valence-electron chi connectivity index (χ1n) is 10.5. The topological polar surface area (TPSA) is 57.6 Å². The summed E-state index contributed by atoms with van der Waals surface area (Å²) in [4.78, 5) is 29.7. The van der Waals surface area contributed by atoms with E-state index in [0.29, 0.717) is 6.54 Å². The van der Waals surface area contributed by atoms with Gasteiger partial charge >= 0.3 is 6.03 Å². The lowest BCUT2D eigenvalue weighted by molar-refractivity contribution is -0.133. The predicted molar refractivity (Wildman–Crippen MR) is 116 cm³/mol. The average molecular weight is 397 g/mol. The van der Waals surface area contributed by atoms with Gasteiger partial charge in [-0.05, 0) is 56.9 Å². The summed E-state index contributed by atoms with van der Waals surface area (Å²) in [7, 11) is 1.99. The van der Waals surface area contributed by atoms with Gasteiger partial charge in [-0.2, -0.15) is 0 Å². The van der Waals surface area contributed by atoms with E-state index in [4.69, 9.17) is 0 Å². The molecule has 0 unspecified atom stereocenters. The van der Waals surface area contributed by atoms with Crippen molar-refractivity contribution in [1.29, 1.82) is 0 Å². The van der Waals surface area contributed by atoms with E-state index in [9.17, 15) is 9.59 Å². The number of hydrogen-bond donors (Lipinski definition) is 1. The first-order chi connectivity index (χ1) is 13.9. The molecule has 3 rings (SSSR count). The highest BCUT2D eigenvalue weighted by atomic mass is 16.2. The number of carbonyl (C=O) groups excluding carboxylic acids is 2. The fraction of sp³-hybridized carbons (Fsp3) is 0.478. The monoisotopic (exact) mass is 396 g/mol. The third-order valence-electron chi connectivity index (χ3n) is 5.52. The fourth-order valence-electron chi connectivity index (χ4n) is 3.51. The number of carbonyl (C=O) groups is 2. The normalized spacial score (nSPS) is 13.4. The summed E-state index contributed by atoms with van der Waals surface area (Å²) in [5.74, 6) is 0.00123. The van der Waals surface area contributed by atoms with Gasteiger partial charge in [-0.25, -0.2) is 4.79 Å². The predicted octanol–water partition coefficient (Wildman–Crippen LogP) is 4.02. The molecule has 2 aromatic rings. The molecule has 1 aromatic heterocycles. The summed E-state index contributed by atoms with van der Waals surface area (Å²) in [6.07, 6.45) is 4.90. The van der Waals surface area contributed by atoms with Crippen LogP contribution in [0.25, 0.3) is 0 Å². The van der Waals surface area contributed by atoms with E-state index in [0.717, 1.165) is 36.2 Å². The van der Waals surface area contributed by atoms with E-state index in [1.165, 1.54) is 0 Å². The Morgan fingerprint density at radius 3 is 2.48 bits per heavy atom. The molecule has 1 saturated carbocycles. The smallest absolute Gasteiger partial charge is 0.322 e. The number of rotatable bonds is 8. The number of aromatic nitrogens is 1. The van der Waals surface area contributed by atoms with E-state index in [-0.39, 0.29) is 30.6 Å². The number of nitrogens with zero attached hydrogens (tertiary/aromatic N) is 3. The first kappa shape index (κ1) is 21.0. The molecule has 29 heavy (non-hydrogen) atoms. The average Bonchev–Trinajstić information content (AvgIpc) is 3.46. The van der Waals surface area contributed by atoms with E-state index >= 15 is 0 Å². The van der Waals surface area contributed by atoms with Crippen LogP contribution >= 0.6 is 0 Å². The molecule has 1 aromatic carbocycles. The second kappa shape index (κ2) is 9.16. The van der Waals surface area contributed by atoms with Crippen molar-refractivity contribution in [2.24, 2.45) is 7.05 Å². The van der Waals surface area contributed by atoms with Crippen LogP contribution in [0.2, 0.25) is 0 Å². The van der Waals surface area contributed by atoms with Gasteiger partial charge in [-0.15, -0.1) is 0 Å². The van der Waals surface area contributed by atoms with Crippen LogP contribution in [0.5, 0.6) is 0 Å². The molecule has 0 bridgehead atoms. The number of anilines is 1. The Hall–Kier alpha value is -2.76. The van der Waals surface area contributed by atoms with Crippen molar-refractivity contribution >= 4 is 17.6 Å². The molecule has 0 saturated heterocycles. The summed E-state index contributed by atoms with van der Waals surface area (Å²) in [5.41, 5.74) is 2.99. The Kier molecular flexibility index (Phi) is 6.62. The Bertz CT molecular complexity index is 854. The van der Waals surface area contributed by atoms with Gasteiger partial charge in [0.25, 0.3) is 0 Å². The summed E-state index contributed by atoms with van der Waals surface area (Å²) < 4.78 is 2.04. The Labute approximate surface area is 173 Å².